The van der Waals surface area contributed by atoms with E-state index >= 15 is 0 Å². The van der Waals surface area contributed by atoms with Crippen molar-refractivity contribution < 1.29 is 0 Å². The van der Waals surface area contributed by atoms with E-state index < -0.39 is 0 Å². The number of hydrogen-bond donors (Lipinski definition) is 2. The Morgan fingerprint density at radius 2 is 1.90 bits per heavy atom. The lowest BCUT2D eigenvalue weighted by molar-refractivity contribution is 0.734. The molecule has 6 nitrogen and oxygen atoms in total. The summed E-state index contributed by atoms with van der Waals surface area (Å²) in [5, 5.41) is 7.59. The standard InChI is InChI=1S/C22H28N6.HI/c1-5-15(2)19-7-9-20(10-8-19)26-22(23)25-14-18-6-11-21(24-13-18)28-17(4)12-16(3)27-28;/h6-13,15H,5,14H2,1-4H3,(H3,23,25,26);1H. The number of guanidine groups is 1. The van der Waals surface area contributed by atoms with Crippen molar-refractivity contribution in [3.63, 3.8) is 0 Å². The van der Waals surface area contributed by atoms with Gasteiger partial charge >= 0.3 is 0 Å². The lowest BCUT2D eigenvalue weighted by atomic mass is 9.99. The number of nitrogens with two attached hydrogens (primary N) is 1. The summed E-state index contributed by atoms with van der Waals surface area (Å²) in [6.45, 7) is 8.88. The first-order valence-electron chi connectivity index (χ1n) is 9.61. The van der Waals surface area contributed by atoms with E-state index in [9.17, 15) is 0 Å². The SMILES string of the molecule is CCC(C)c1ccc(NC(N)=NCc2ccc(-n3nc(C)cc3C)nc2)cc1.I. The highest BCUT2D eigenvalue weighted by atomic mass is 127. The van der Waals surface area contributed by atoms with Gasteiger partial charge in [0.25, 0.3) is 0 Å². The molecule has 3 N–H and O–H groups in total. The minimum atomic E-state index is 0. The third kappa shape index (κ3) is 6.03. The quantitative estimate of drug-likeness (QED) is 0.283. The van der Waals surface area contributed by atoms with Crippen LogP contribution in [-0.4, -0.2) is 20.7 Å². The molecule has 7 heteroatoms. The summed E-state index contributed by atoms with van der Waals surface area (Å²) in [5.74, 6) is 1.75. The highest BCUT2D eigenvalue weighted by Gasteiger charge is 2.05. The maximum Gasteiger partial charge on any atom is 0.193 e. The van der Waals surface area contributed by atoms with Gasteiger partial charge in [-0.15, -0.1) is 24.0 Å². The van der Waals surface area contributed by atoms with Gasteiger partial charge in [-0.3, -0.25) is 0 Å². The summed E-state index contributed by atoms with van der Waals surface area (Å²) in [4.78, 5) is 8.90. The Morgan fingerprint density at radius 3 is 2.45 bits per heavy atom. The smallest absolute Gasteiger partial charge is 0.193 e. The van der Waals surface area contributed by atoms with Gasteiger partial charge in [-0.05, 0) is 61.6 Å². The molecule has 3 rings (SSSR count). The van der Waals surface area contributed by atoms with Gasteiger partial charge in [-0.25, -0.2) is 14.7 Å². The number of hydrogen-bond acceptors (Lipinski definition) is 3. The molecule has 29 heavy (non-hydrogen) atoms. The van der Waals surface area contributed by atoms with E-state index in [1.807, 2.05) is 55.1 Å². The Morgan fingerprint density at radius 1 is 1.17 bits per heavy atom. The average Bonchev–Trinajstić information content (AvgIpc) is 3.05. The zero-order valence-electron chi connectivity index (χ0n) is 17.4. The molecule has 0 aliphatic carbocycles. The second-order valence-corrected chi connectivity index (χ2v) is 7.12. The number of anilines is 1. The number of nitrogens with zero attached hydrogens (tertiary/aromatic N) is 4. The molecular weight excluding hydrogens is 475 g/mol. The number of benzene rings is 1. The van der Waals surface area contributed by atoms with Crippen molar-refractivity contribution in [1.82, 2.24) is 14.8 Å². The first-order chi connectivity index (χ1) is 13.5. The zero-order chi connectivity index (χ0) is 20.1. The van der Waals surface area contributed by atoms with Crippen LogP contribution in [0.25, 0.3) is 5.82 Å². The number of halogens is 1. The average molecular weight is 504 g/mol. The van der Waals surface area contributed by atoms with Crippen LogP contribution in [0, 0.1) is 13.8 Å². The third-order valence-electron chi connectivity index (χ3n) is 4.83. The number of nitrogens with one attached hydrogen (secondary N) is 1. The number of aliphatic imine (C=N–C) groups is 1. The van der Waals surface area contributed by atoms with Crippen LogP contribution in [0.5, 0.6) is 0 Å². The second kappa shape index (κ2) is 10.4. The fraction of sp³-hybridized carbons (Fsp3) is 0.318. The van der Waals surface area contributed by atoms with Crippen LogP contribution in [0.2, 0.25) is 0 Å². The molecule has 2 aromatic heterocycles. The third-order valence-corrected chi connectivity index (χ3v) is 4.83. The summed E-state index contributed by atoms with van der Waals surface area (Å²) in [7, 11) is 0. The van der Waals surface area contributed by atoms with Crippen LogP contribution < -0.4 is 11.1 Å². The number of rotatable bonds is 6. The zero-order valence-corrected chi connectivity index (χ0v) is 19.7. The maximum atomic E-state index is 6.03. The van der Waals surface area contributed by atoms with Crippen LogP contribution in [0.4, 0.5) is 5.69 Å². The largest absolute Gasteiger partial charge is 0.370 e. The van der Waals surface area contributed by atoms with Gasteiger partial charge in [0.15, 0.2) is 11.8 Å². The molecule has 0 aliphatic rings. The first-order valence-corrected chi connectivity index (χ1v) is 9.61. The van der Waals surface area contributed by atoms with Crippen LogP contribution >= 0.6 is 24.0 Å². The van der Waals surface area contributed by atoms with Crippen molar-refractivity contribution in [3.05, 3.63) is 71.2 Å². The van der Waals surface area contributed by atoms with E-state index in [0.29, 0.717) is 18.4 Å². The van der Waals surface area contributed by atoms with Gasteiger partial charge in [-0.2, -0.15) is 5.10 Å². The molecule has 0 amide bonds. The summed E-state index contributed by atoms with van der Waals surface area (Å²) in [6.07, 6.45) is 2.94. The summed E-state index contributed by atoms with van der Waals surface area (Å²) in [6, 6.07) is 14.3. The fourth-order valence-corrected chi connectivity index (χ4v) is 2.99. The predicted molar refractivity (Wildman–Crippen MR) is 130 cm³/mol. The molecule has 0 saturated carbocycles. The van der Waals surface area contributed by atoms with Crippen LogP contribution in [0.3, 0.4) is 0 Å². The normalized spacial score (nSPS) is 12.3. The highest BCUT2D eigenvalue weighted by molar-refractivity contribution is 14.0. The molecule has 0 saturated heterocycles. The van der Waals surface area contributed by atoms with Gasteiger partial charge in [0.2, 0.25) is 0 Å². The molecule has 0 fully saturated rings. The minimum Gasteiger partial charge on any atom is -0.370 e. The van der Waals surface area contributed by atoms with Crippen molar-refractivity contribution in [2.75, 3.05) is 5.32 Å². The van der Waals surface area contributed by atoms with E-state index in [1.165, 1.54) is 5.56 Å². The lowest BCUT2D eigenvalue weighted by Gasteiger charge is -2.11. The van der Waals surface area contributed by atoms with E-state index in [4.69, 9.17) is 5.73 Å². The molecule has 0 spiro atoms. The maximum absolute atomic E-state index is 6.03. The van der Waals surface area contributed by atoms with Crippen molar-refractivity contribution in [2.45, 2.75) is 46.6 Å². The Hall–Kier alpha value is -2.42. The Balaban J connectivity index is 0.00000300. The molecule has 1 aromatic carbocycles. The van der Waals surface area contributed by atoms with E-state index in [0.717, 1.165) is 34.9 Å². The topological polar surface area (TPSA) is 81.1 Å². The molecule has 2 heterocycles. The molecule has 0 radical (unpaired) electrons. The van der Waals surface area contributed by atoms with Crippen molar-refractivity contribution in [3.8, 4) is 5.82 Å². The molecule has 1 unspecified atom stereocenters. The molecule has 3 aromatic rings. The van der Waals surface area contributed by atoms with Crippen LogP contribution in [-0.2, 0) is 6.54 Å². The highest BCUT2D eigenvalue weighted by Crippen LogP contribution is 2.20. The van der Waals surface area contributed by atoms with Crippen molar-refractivity contribution in [1.29, 1.82) is 0 Å². The molecular formula is C22H29IN6. The number of aromatic nitrogens is 3. The monoisotopic (exact) mass is 504 g/mol. The summed E-state index contributed by atoms with van der Waals surface area (Å²) in [5.41, 5.74) is 11.3. The Kier molecular flexibility index (Phi) is 8.19. The molecule has 0 bridgehead atoms. The summed E-state index contributed by atoms with van der Waals surface area (Å²) >= 11 is 0. The molecule has 0 aliphatic heterocycles. The van der Waals surface area contributed by atoms with Gasteiger partial charge in [-0.1, -0.05) is 32.0 Å². The number of aryl methyl sites for hydroxylation is 2. The van der Waals surface area contributed by atoms with E-state index in [1.54, 1.807) is 0 Å². The molecule has 154 valence electrons. The van der Waals surface area contributed by atoms with Crippen LogP contribution in [0.1, 0.15) is 48.7 Å². The summed E-state index contributed by atoms with van der Waals surface area (Å²) < 4.78 is 1.83. The lowest BCUT2D eigenvalue weighted by Crippen LogP contribution is -2.22. The van der Waals surface area contributed by atoms with Gasteiger partial charge < -0.3 is 11.1 Å². The van der Waals surface area contributed by atoms with E-state index in [-0.39, 0.29) is 24.0 Å². The van der Waals surface area contributed by atoms with Crippen molar-refractivity contribution in [2.24, 2.45) is 10.7 Å². The fourth-order valence-electron chi connectivity index (χ4n) is 2.99. The predicted octanol–water partition coefficient (Wildman–Crippen LogP) is 4.94. The van der Waals surface area contributed by atoms with Crippen molar-refractivity contribution >= 4 is 35.6 Å². The van der Waals surface area contributed by atoms with Gasteiger partial charge in [0.1, 0.15) is 0 Å². The van der Waals surface area contributed by atoms with E-state index in [2.05, 4.69) is 46.4 Å². The van der Waals surface area contributed by atoms with Gasteiger partial charge in [0.05, 0.1) is 12.2 Å². The first kappa shape index (κ1) is 22.9. The molecule has 1 atom stereocenters. The minimum absolute atomic E-state index is 0. The van der Waals surface area contributed by atoms with Gasteiger partial charge in [0, 0.05) is 17.6 Å². The Bertz CT molecular complexity index is 944. The Labute approximate surface area is 189 Å². The second-order valence-electron chi connectivity index (χ2n) is 7.12. The van der Waals surface area contributed by atoms with Crippen LogP contribution in [0.15, 0.2) is 53.7 Å². The number of pyridine rings is 1.